The second-order valence-electron chi connectivity index (χ2n) is 7.66. The maximum Gasteiger partial charge on any atom is 0.155 e. The number of ether oxygens (including phenoxy) is 3. The molecular weight excluding hydrogens is 576 g/mol. The van der Waals surface area contributed by atoms with Crippen molar-refractivity contribution in [3.05, 3.63) is 13.4 Å². The quantitative estimate of drug-likeness (QED) is 0.154. The van der Waals surface area contributed by atoms with Gasteiger partial charge in [0, 0.05) is 0 Å². The van der Waals surface area contributed by atoms with E-state index in [0.717, 1.165) is 49.9 Å². The van der Waals surface area contributed by atoms with Gasteiger partial charge >= 0.3 is 0 Å². The summed E-state index contributed by atoms with van der Waals surface area (Å²) >= 11 is 11.2. The van der Waals surface area contributed by atoms with Gasteiger partial charge in [-0.1, -0.05) is 78.6 Å². The smallest absolute Gasteiger partial charge is 0.155 e. The summed E-state index contributed by atoms with van der Waals surface area (Å²) in [6.07, 6.45) is 14.1. The first-order chi connectivity index (χ1) is 14.6. The van der Waals surface area contributed by atoms with Crippen LogP contribution >= 0.6 is 47.8 Å². The molecule has 0 saturated heterocycles. The Labute approximate surface area is 209 Å². The monoisotopic (exact) mass is 612 g/mol. The fraction of sp³-hybridized carbons (Fsp3) is 0.750. The van der Waals surface area contributed by atoms with Gasteiger partial charge in [-0.15, -0.1) is 0 Å². The Morgan fingerprint density at radius 3 is 0.933 bits per heavy atom. The Bertz CT molecular complexity index is 492. The molecule has 0 saturated carbocycles. The van der Waals surface area contributed by atoms with Gasteiger partial charge in [0.15, 0.2) is 17.2 Å². The van der Waals surface area contributed by atoms with Crippen LogP contribution < -0.4 is 14.2 Å². The maximum atomic E-state index is 6.17. The predicted octanol–water partition coefficient (Wildman–Crippen LogP) is 9.85. The minimum Gasteiger partial charge on any atom is -0.491 e. The van der Waals surface area contributed by atoms with E-state index in [1.54, 1.807) is 0 Å². The third-order valence-electron chi connectivity index (χ3n) is 4.93. The second-order valence-corrected chi connectivity index (χ2v) is 10.0. The van der Waals surface area contributed by atoms with E-state index in [4.69, 9.17) is 14.2 Å². The summed E-state index contributed by atoms with van der Waals surface area (Å²) in [4.78, 5) is 0. The molecule has 0 fully saturated rings. The molecule has 0 aliphatic rings. The van der Waals surface area contributed by atoms with E-state index in [1.165, 1.54) is 57.8 Å². The molecular formula is C24H39Br3O3. The Hall–Kier alpha value is 0.0600. The minimum atomic E-state index is 0.685. The number of unbranched alkanes of at least 4 members (excludes halogenated alkanes) is 9. The fourth-order valence-corrected chi connectivity index (χ4v) is 5.76. The summed E-state index contributed by atoms with van der Waals surface area (Å²) < 4.78 is 21.0. The lowest BCUT2D eigenvalue weighted by Crippen LogP contribution is -2.06. The molecule has 0 N–H and O–H groups in total. The third kappa shape index (κ3) is 10.1. The Morgan fingerprint density at radius 2 is 0.700 bits per heavy atom. The molecule has 0 aromatic heterocycles. The van der Waals surface area contributed by atoms with Gasteiger partial charge in [0.2, 0.25) is 0 Å². The first-order valence-corrected chi connectivity index (χ1v) is 14.0. The number of rotatable bonds is 18. The van der Waals surface area contributed by atoms with E-state index in [9.17, 15) is 0 Å². The lowest BCUT2D eigenvalue weighted by atomic mass is 10.2. The van der Waals surface area contributed by atoms with Crippen LogP contribution in [0.25, 0.3) is 0 Å². The lowest BCUT2D eigenvalue weighted by Gasteiger charge is -2.20. The van der Waals surface area contributed by atoms with E-state index in [-0.39, 0.29) is 0 Å². The van der Waals surface area contributed by atoms with Crippen LogP contribution in [0.1, 0.15) is 97.8 Å². The number of halogens is 3. The van der Waals surface area contributed by atoms with Gasteiger partial charge in [-0.2, -0.15) is 0 Å². The highest BCUT2D eigenvalue weighted by Gasteiger charge is 2.24. The van der Waals surface area contributed by atoms with Crippen LogP contribution in [0.2, 0.25) is 0 Å². The van der Waals surface area contributed by atoms with Crippen LogP contribution in [0.4, 0.5) is 0 Å². The largest absolute Gasteiger partial charge is 0.491 e. The van der Waals surface area contributed by atoms with Crippen molar-refractivity contribution in [2.45, 2.75) is 97.8 Å². The molecule has 0 heterocycles. The maximum absolute atomic E-state index is 6.17. The predicted molar refractivity (Wildman–Crippen MR) is 138 cm³/mol. The van der Waals surface area contributed by atoms with Crippen molar-refractivity contribution < 1.29 is 14.2 Å². The summed E-state index contributed by atoms with van der Waals surface area (Å²) in [5.41, 5.74) is 0. The molecule has 0 aliphatic heterocycles. The zero-order chi connectivity index (χ0) is 22.2. The first kappa shape index (κ1) is 28.1. The van der Waals surface area contributed by atoms with E-state index in [1.807, 2.05) is 0 Å². The number of hydrogen-bond donors (Lipinski definition) is 0. The molecule has 0 unspecified atom stereocenters. The average molecular weight is 615 g/mol. The SMILES string of the molecule is CCCCCCOc1c(Br)c(OCCCCCC)c(Br)c(OCCCCCC)c1Br. The lowest BCUT2D eigenvalue weighted by molar-refractivity contribution is 0.269. The normalized spacial score (nSPS) is 11.0. The highest BCUT2D eigenvalue weighted by Crippen LogP contribution is 2.52. The molecule has 0 atom stereocenters. The van der Waals surface area contributed by atoms with Crippen molar-refractivity contribution >= 4 is 47.8 Å². The van der Waals surface area contributed by atoms with Crippen LogP contribution in [0.15, 0.2) is 13.4 Å². The molecule has 1 aromatic rings. The van der Waals surface area contributed by atoms with Gasteiger partial charge < -0.3 is 14.2 Å². The Balaban J connectivity index is 2.93. The van der Waals surface area contributed by atoms with Crippen LogP contribution in [-0.2, 0) is 0 Å². The van der Waals surface area contributed by atoms with Crippen LogP contribution in [0.5, 0.6) is 17.2 Å². The summed E-state index contributed by atoms with van der Waals surface area (Å²) in [5.74, 6) is 2.30. The van der Waals surface area contributed by atoms with Gasteiger partial charge in [-0.25, -0.2) is 0 Å². The van der Waals surface area contributed by atoms with Crippen molar-refractivity contribution in [1.29, 1.82) is 0 Å². The van der Waals surface area contributed by atoms with Gasteiger partial charge in [-0.05, 0) is 67.1 Å². The summed E-state index contributed by atoms with van der Waals surface area (Å²) in [6.45, 7) is 8.71. The zero-order valence-electron chi connectivity index (χ0n) is 19.0. The fourth-order valence-electron chi connectivity index (χ4n) is 3.09. The van der Waals surface area contributed by atoms with E-state index in [2.05, 4.69) is 68.6 Å². The van der Waals surface area contributed by atoms with Crippen molar-refractivity contribution in [2.24, 2.45) is 0 Å². The molecule has 1 aromatic carbocycles. The number of hydrogen-bond acceptors (Lipinski definition) is 3. The summed E-state index contributed by atoms with van der Waals surface area (Å²) in [6, 6.07) is 0. The molecule has 30 heavy (non-hydrogen) atoms. The van der Waals surface area contributed by atoms with Crippen molar-refractivity contribution in [2.75, 3.05) is 19.8 Å². The van der Waals surface area contributed by atoms with Gasteiger partial charge in [0.25, 0.3) is 0 Å². The Morgan fingerprint density at radius 1 is 0.433 bits per heavy atom. The van der Waals surface area contributed by atoms with Crippen molar-refractivity contribution in [3.8, 4) is 17.2 Å². The molecule has 0 bridgehead atoms. The molecule has 1 rings (SSSR count). The standard InChI is InChI=1S/C24H39Br3O3/c1-4-7-10-13-16-28-22-19(25)23(29-17-14-11-8-5-2)21(27)24(20(22)26)30-18-15-12-9-6-3/h4-18H2,1-3H3. The second kappa shape index (κ2) is 17.6. The minimum absolute atomic E-state index is 0.685. The third-order valence-corrected chi connectivity index (χ3v) is 7.09. The number of benzene rings is 1. The van der Waals surface area contributed by atoms with Crippen molar-refractivity contribution in [3.63, 3.8) is 0 Å². The van der Waals surface area contributed by atoms with Gasteiger partial charge in [-0.3, -0.25) is 0 Å². The Kier molecular flexibility index (Phi) is 16.5. The molecule has 0 radical (unpaired) electrons. The molecule has 0 amide bonds. The summed E-state index contributed by atoms with van der Waals surface area (Å²) in [7, 11) is 0. The van der Waals surface area contributed by atoms with E-state index in [0.29, 0.717) is 19.8 Å². The molecule has 6 heteroatoms. The highest BCUT2D eigenvalue weighted by atomic mass is 79.9. The molecule has 3 nitrogen and oxygen atoms in total. The van der Waals surface area contributed by atoms with Gasteiger partial charge in [0.05, 0.1) is 19.8 Å². The summed E-state index contributed by atoms with van der Waals surface area (Å²) in [5, 5.41) is 0. The highest BCUT2D eigenvalue weighted by molar-refractivity contribution is 9.11. The van der Waals surface area contributed by atoms with Crippen LogP contribution in [0.3, 0.4) is 0 Å². The van der Waals surface area contributed by atoms with Crippen LogP contribution in [0, 0.1) is 0 Å². The van der Waals surface area contributed by atoms with E-state index >= 15 is 0 Å². The zero-order valence-corrected chi connectivity index (χ0v) is 23.7. The molecule has 0 spiro atoms. The van der Waals surface area contributed by atoms with E-state index < -0.39 is 0 Å². The first-order valence-electron chi connectivity index (χ1n) is 11.7. The molecule has 0 aliphatic carbocycles. The van der Waals surface area contributed by atoms with Gasteiger partial charge in [0.1, 0.15) is 13.4 Å². The average Bonchev–Trinajstić information content (AvgIpc) is 2.74. The molecule has 174 valence electrons. The van der Waals surface area contributed by atoms with Crippen LogP contribution in [-0.4, -0.2) is 19.8 Å². The topological polar surface area (TPSA) is 27.7 Å². The van der Waals surface area contributed by atoms with Crippen molar-refractivity contribution in [1.82, 2.24) is 0 Å².